The van der Waals surface area contributed by atoms with Gasteiger partial charge in [-0.15, -0.1) is 0 Å². The van der Waals surface area contributed by atoms with E-state index in [0.29, 0.717) is 0 Å². The lowest BCUT2D eigenvalue weighted by Crippen LogP contribution is -2.24. The summed E-state index contributed by atoms with van der Waals surface area (Å²) in [6.45, 7) is 1.17. The largest absolute Gasteiger partial charge is 0.543 e. The van der Waals surface area contributed by atoms with Crippen LogP contribution in [0.15, 0.2) is 28.8 Å². The third-order valence-electron chi connectivity index (χ3n) is 2.72. The van der Waals surface area contributed by atoms with Gasteiger partial charge in [0.2, 0.25) is 0 Å². The van der Waals surface area contributed by atoms with Crippen LogP contribution in [-0.2, 0) is 12.8 Å². The molecule has 1 aromatic heterocycles. The Bertz CT molecular complexity index is 664. The summed E-state index contributed by atoms with van der Waals surface area (Å²) >= 11 is 0. The van der Waals surface area contributed by atoms with Crippen molar-refractivity contribution in [3.05, 3.63) is 46.8 Å². The Hall–Kier alpha value is -2.51. The third-order valence-corrected chi connectivity index (χ3v) is 2.72. The number of alkyl halides is 3. The number of carbonyl (C=O) groups excluding carboxylic acids is 1. The van der Waals surface area contributed by atoms with Gasteiger partial charge in [0.25, 0.3) is 0 Å². The van der Waals surface area contributed by atoms with Crippen LogP contribution >= 0.6 is 0 Å². The maximum absolute atomic E-state index is 12.5. The van der Waals surface area contributed by atoms with Crippen molar-refractivity contribution in [2.45, 2.75) is 19.7 Å². The first-order valence-corrected chi connectivity index (χ1v) is 5.75. The van der Waals surface area contributed by atoms with Crippen LogP contribution in [0.4, 0.5) is 13.2 Å². The topological polar surface area (TPSA) is 75.4 Å². The Morgan fingerprint density at radius 1 is 1.43 bits per heavy atom. The van der Waals surface area contributed by atoms with Crippen molar-refractivity contribution in [2.24, 2.45) is 0 Å². The van der Waals surface area contributed by atoms with Gasteiger partial charge in [0, 0.05) is 0 Å². The van der Waals surface area contributed by atoms with E-state index in [9.17, 15) is 23.1 Å². The van der Waals surface area contributed by atoms with Gasteiger partial charge in [-0.25, -0.2) is 0 Å². The van der Waals surface area contributed by atoms with E-state index in [1.165, 1.54) is 19.1 Å². The number of benzene rings is 1. The molecule has 0 unspecified atom stereocenters. The van der Waals surface area contributed by atoms with Gasteiger partial charge in [0.1, 0.15) is 23.8 Å². The van der Waals surface area contributed by atoms with Gasteiger partial charge >= 0.3 is 6.18 Å². The molecule has 0 aliphatic rings. The zero-order valence-electron chi connectivity index (χ0n) is 10.7. The summed E-state index contributed by atoms with van der Waals surface area (Å²) in [5, 5.41) is 14.1. The van der Waals surface area contributed by atoms with Crippen LogP contribution in [0, 0.1) is 6.92 Å². The minimum absolute atomic E-state index is 0.0466. The molecular formula is C13H9F3NO4-. The number of hydrogen-bond acceptors (Lipinski definition) is 5. The molecule has 8 heteroatoms. The van der Waals surface area contributed by atoms with Crippen molar-refractivity contribution < 1.29 is 32.3 Å². The molecule has 0 aliphatic heterocycles. The fourth-order valence-corrected chi connectivity index (χ4v) is 1.64. The van der Waals surface area contributed by atoms with E-state index in [1.807, 2.05) is 0 Å². The maximum atomic E-state index is 12.5. The van der Waals surface area contributed by atoms with E-state index in [-0.39, 0.29) is 23.7 Å². The zero-order valence-corrected chi connectivity index (χ0v) is 10.7. The summed E-state index contributed by atoms with van der Waals surface area (Å²) in [6, 6.07) is 4.25. The van der Waals surface area contributed by atoms with Crippen LogP contribution in [-0.4, -0.2) is 11.1 Å². The van der Waals surface area contributed by atoms with Crippen molar-refractivity contribution in [2.75, 3.05) is 0 Å². The number of nitrogens with zero attached hydrogens (tertiary/aromatic N) is 1. The lowest BCUT2D eigenvalue weighted by molar-refractivity contribution is -0.255. The highest BCUT2D eigenvalue weighted by molar-refractivity contribution is 5.85. The molecule has 0 amide bonds. The Morgan fingerprint density at radius 3 is 2.76 bits per heavy atom. The number of aromatic carboxylic acids is 1. The van der Waals surface area contributed by atoms with Crippen LogP contribution in [0.3, 0.4) is 0 Å². The van der Waals surface area contributed by atoms with Gasteiger partial charge in [-0.3, -0.25) is 0 Å². The Kier molecular flexibility index (Phi) is 3.88. The number of carboxylic acid groups (broad SMARTS) is 1. The van der Waals surface area contributed by atoms with Gasteiger partial charge < -0.3 is 19.2 Å². The predicted octanol–water partition coefficient (Wildman–Crippen LogP) is 1.94. The monoisotopic (exact) mass is 300 g/mol. The van der Waals surface area contributed by atoms with Crippen LogP contribution in [0.25, 0.3) is 0 Å². The van der Waals surface area contributed by atoms with E-state index >= 15 is 0 Å². The van der Waals surface area contributed by atoms with Crippen LogP contribution in [0.2, 0.25) is 0 Å². The fraction of sp³-hybridized carbons (Fsp3) is 0.231. The van der Waals surface area contributed by atoms with Crippen molar-refractivity contribution in [3.63, 3.8) is 0 Å². The average molecular weight is 300 g/mol. The summed E-state index contributed by atoms with van der Waals surface area (Å²) in [7, 11) is 0. The molecule has 0 radical (unpaired) electrons. The standard InChI is InChI=1S/C13H10F3NO4/c1-7-10(11(12(18)19)17-21-7)6-20-9-4-2-3-8(5-9)13(14,15)16/h2-5H,6H2,1H3,(H,18,19)/p-1. The van der Waals surface area contributed by atoms with Crippen molar-refractivity contribution in [1.29, 1.82) is 0 Å². The number of rotatable bonds is 4. The summed E-state index contributed by atoms with van der Waals surface area (Å²) in [5.41, 5.74) is -1.17. The number of carboxylic acids is 1. The van der Waals surface area contributed by atoms with Crippen LogP contribution in [0.5, 0.6) is 5.75 Å². The van der Waals surface area contributed by atoms with Gasteiger partial charge in [0.05, 0.1) is 17.1 Å². The highest BCUT2D eigenvalue weighted by Crippen LogP contribution is 2.31. The summed E-state index contributed by atoms with van der Waals surface area (Å²) in [6.07, 6.45) is -4.48. The molecule has 0 saturated heterocycles. The van der Waals surface area contributed by atoms with Crippen molar-refractivity contribution >= 4 is 5.97 Å². The molecule has 0 atom stereocenters. The van der Waals surface area contributed by atoms with E-state index in [2.05, 4.69) is 5.16 Å². The number of aryl methyl sites for hydroxylation is 1. The van der Waals surface area contributed by atoms with E-state index < -0.39 is 23.4 Å². The molecular weight excluding hydrogens is 291 g/mol. The first-order valence-electron chi connectivity index (χ1n) is 5.75. The molecule has 0 aliphatic carbocycles. The average Bonchev–Trinajstić information content (AvgIpc) is 2.77. The Morgan fingerprint density at radius 2 is 2.14 bits per heavy atom. The maximum Gasteiger partial charge on any atom is 0.416 e. The van der Waals surface area contributed by atoms with Gasteiger partial charge in [-0.1, -0.05) is 11.2 Å². The highest BCUT2D eigenvalue weighted by Gasteiger charge is 2.30. The molecule has 2 aromatic rings. The summed E-state index contributed by atoms with van der Waals surface area (Å²) in [4.78, 5) is 10.8. The molecule has 1 aromatic carbocycles. The molecule has 0 saturated carbocycles. The Balaban J connectivity index is 2.18. The molecule has 5 nitrogen and oxygen atoms in total. The third kappa shape index (κ3) is 3.33. The number of aromatic nitrogens is 1. The molecule has 0 spiro atoms. The highest BCUT2D eigenvalue weighted by atomic mass is 19.4. The SMILES string of the molecule is Cc1onc(C(=O)[O-])c1COc1cccc(C(F)(F)F)c1. The van der Waals surface area contributed by atoms with Gasteiger partial charge in [0.15, 0.2) is 0 Å². The first kappa shape index (κ1) is 14.9. The molecule has 1 heterocycles. The second-order valence-corrected chi connectivity index (χ2v) is 4.17. The van der Waals surface area contributed by atoms with E-state index in [0.717, 1.165) is 12.1 Å². The molecule has 21 heavy (non-hydrogen) atoms. The number of carbonyl (C=O) groups is 1. The minimum atomic E-state index is -4.48. The van der Waals surface area contributed by atoms with Crippen molar-refractivity contribution in [1.82, 2.24) is 5.16 Å². The second kappa shape index (κ2) is 5.47. The van der Waals surface area contributed by atoms with E-state index in [1.54, 1.807) is 0 Å². The number of halogens is 3. The lowest BCUT2D eigenvalue weighted by atomic mass is 10.2. The second-order valence-electron chi connectivity index (χ2n) is 4.17. The molecule has 0 N–H and O–H groups in total. The number of hydrogen-bond donors (Lipinski definition) is 0. The normalized spacial score (nSPS) is 11.4. The smallest absolute Gasteiger partial charge is 0.416 e. The predicted molar refractivity (Wildman–Crippen MR) is 61.3 cm³/mol. The number of ether oxygens (including phenoxy) is 1. The zero-order chi connectivity index (χ0) is 15.6. The Labute approximate surface area is 116 Å². The molecule has 0 fully saturated rings. The quantitative estimate of drug-likeness (QED) is 0.862. The summed E-state index contributed by atoms with van der Waals surface area (Å²) in [5.74, 6) is -1.40. The van der Waals surface area contributed by atoms with E-state index in [4.69, 9.17) is 9.26 Å². The summed E-state index contributed by atoms with van der Waals surface area (Å²) < 4.78 is 47.5. The van der Waals surface area contributed by atoms with Gasteiger partial charge in [-0.2, -0.15) is 13.2 Å². The van der Waals surface area contributed by atoms with Crippen LogP contribution < -0.4 is 9.84 Å². The fourth-order valence-electron chi connectivity index (χ4n) is 1.64. The van der Waals surface area contributed by atoms with Crippen molar-refractivity contribution in [3.8, 4) is 5.75 Å². The minimum Gasteiger partial charge on any atom is -0.543 e. The molecule has 2 rings (SSSR count). The van der Waals surface area contributed by atoms with Gasteiger partial charge in [-0.05, 0) is 25.1 Å². The lowest BCUT2D eigenvalue weighted by Gasteiger charge is -2.10. The molecule has 0 bridgehead atoms. The molecule has 112 valence electrons. The van der Waals surface area contributed by atoms with Crippen LogP contribution in [0.1, 0.15) is 27.4 Å². The first-order chi connectivity index (χ1) is 9.79.